The Morgan fingerprint density at radius 3 is 2.72 bits per heavy atom. The molecule has 0 aliphatic heterocycles. The number of anilines is 1. The van der Waals surface area contributed by atoms with Gasteiger partial charge in [-0.3, -0.25) is 5.43 Å². The van der Waals surface area contributed by atoms with Crippen molar-refractivity contribution in [2.45, 2.75) is 6.92 Å². The van der Waals surface area contributed by atoms with Gasteiger partial charge >= 0.3 is 0 Å². The van der Waals surface area contributed by atoms with Gasteiger partial charge in [-0.1, -0.05) is 6.07 Å². The summed E-state index contributed by atoms with van der Waals surface area (Å²) in [5, 5.41) is 23.0. The van der Waals surface area contributed by atoms with Gasteiger partial charge < -0.3 is 10.2 Å². The minimum absolute atomic E-state index is 0.0147. The standard InChI is InChI=1S/C13H13N3O2/c1-9(11-6-5-10(17)8-12(11)18)15-16-13-4-2-3-7-14-13/h2-8,17-18H,1H3,(H,14,16). The number of benzene rings is 1. The molecule has 2 rings (SSSR count). The molecule has 1 aromatic heterocycles. The van der Waals surface area contributed by atoms with Crippen LogP contribution in [0.2, 0.25) is 0 Å². The highest BCUT2D eigenvalue weighted by Gasteiger charge is 2.05. The zero-order valence-corrected chi connectivity index (χ0v) is 9.83. The number of pyridine rings is 1. The Balaban J connectivity index is 2.18. The third-order valence-electron chi connectivity index (χ3n) is 2.37. The van der Waals surface area contributed by atoms with E-state index in [1.165, 1.54) is 12.1 Å². The molecular formula is C13H13N3O2. The lowest BCUT2D eigenvalue weighted by molar-refractivity contribution is 0.450. The van der Waals surface area contributed by atoms with Crippen LogP contribution >= 0.6 is 0 Å². The van der Waals surface area contributed by atoms with Gasteiger partial charge in [0, 0.05) is 17.8 Å². The van der Waals surface area contributed by atoms with E-state index in [9.17, 15) is 10.2 Å². The molecule has 0 saturated carbocycles. The molecular weight excluding hydrogens is 230 g/mol. The van der Waals surface area contributed by atoms with Crippen molar-refractivity contribution in [2.75, 3.05) is 5.43 Å². The molecule has 18 heavy (non-hydrogen) atoms. The molecule has 0 saturated heterocycles. The van der Waals surface area contributed by atoms with E-state index < -0.39 is 0 Å². The van der Waals surface area contributed by atoms with Crippen molar-refractivity contribution >= 4 is 11.5 Å². The highest BCUT2D eigenvalue weighted by Crippen LogP contribution is 2.23. The molecule has 0 spiro atoms. The van der Waals surface area contributed by atoms with E-state index in [-0.39, 0.29) is 11.5 Å². The van der Waals surface area contributed by atoms with Crippen molar-refractivity contribution in [3.8, 4) is 11.5 Å². The third-order valence-corrected chi connectivity index (χ3v) is 2.37. The molecule has 0 amide bonds. The highest BCUT2D eigenvalue weighted by atomic mass is 16.3. The van der Waals surface area contributed by atoms with Crippen LogP contribution in [0, 0.1) is 0 Å². The van der Waals surface area contributed by atoms with Gasteiger partial charge in [0.15, 0.2) is 0 Å². The van der Waals surface area contributed by atoms with Gasteiger partial charge in [0.1, 0.15) is 17.3 Å². The van der Waals surface area contributed by atoms with Gasteiger partial charge in [0.05, 0.1) is 5.71 Å². The van der Waals surface area contributed by atoms with Crippen LogP contribution in [0.5, 0.6) is 11.5 Å². The molecule has 5 heteroatoms. The number of aromatic nitrogens is 1. The number of rotatable bonds is 3. The average molecular weight is 243 g/mol. The minimum Gasteiger partial charge on any atom is -0.508 e. The van der Waals surface area contributed by atoms with Crippen LogP contribution in [-0.2, 0) is 0 Å². The second kappa shape index (κ2) is 5.18. The largest absolute Gasteiger partial charge is 0.508 e. The average Bonchev–Trinajstić information content (AvgIpc) is 2.37. The normalized spacial score (nSPS) is 11.3. The van der Waals surface area contributed by atoms with Crippen LogP contribution < -0.4 is 5.43 Å². The predicted molar refractivity (Wildman–Crippen MR) is 69.8 cm³/mol. The monoisotopic (exact) mass is 243 g/mol. The second-order valence-electron chi connectivity index (χ2n) is 3.73. The molecule has 0 aliphatic rings. The van der Waals surface area contributed by atoms with E-state index in [1.54, 1.807) is 25.3 Å². The summed E-state index contributed by atoms with van der Waals surface area (Å²) in [6.45, 7) is 1.75. The van der Waals surface area contributed by atoms with Crippen LogP contribution in [0.15, 0.2) is 47.7 Å². The minimum atomic E-state index is -0.0147. The summed E-state index contributed by atoms with van der Waals surface area (Å²) in [5.41, 5.74) is 3.94. The Morgan fingerprint density at radius 2 is 2.06 bits per heavy atom. The number of phenols is 2. The molecule has 0 aliphatic carbocycles. The molecule has 3 N–H and O–H groups in total. The van der Waals surface area contributed by atoms with Crippen molar-refractivity contribution in [3.05, 3.63) is 48.2 Å². The Hall–Kier alpha value is -2.56. The second-order valence-corrected chi connectivity index (χ2v) is 3.73. The van der Waals surface area contributed by atoms with Crippen LogP contribution in [0.4, 0.5) is 5.82 Å². The Bertz CT molecular complexity index is 568. The fourth-order valence-corrected chi connectivity index (χ4v) is 1.46. The first-order chi connectivity index (χ1) is 8.66. The van der Waals surface area contributed by atoms with E-state index in [4.69, 9.17) is 0 Å². The summed E-state index contributed by atoms with van der Waals surface area (Å²) < 4.78 is 0. The maximum absolute atomic E-state index is 9.67. The van der Waals surface area contributed by atoms with Crippen LogP contribution in [0.25, 0.3) is 0 Å². The van der Waals surface area contributed by atoms with E-state index in [1.807, 2.05) is 12.1 Å². The molecule has 1 aromatic carbocycles. The van der Waals surface area contributed by atoms with Gasteiger partial charge in [-0.2, -0.15) is 5.10 Å². The van der Waals surface area contributed by atoms with Gasteiger partial charge in [-0.25, -0.2) is 4.98 Å². The van der Waals surface area contributed by atoms with Crippen molar-refractivity contribution in [1.29, 1.82) is 0 Å². The van der Waals surface area contributed by atoms with Crippen molar-refractivity contribution in [1.82, 2.24) is 4.98 Å². The Morgan fingerprint density at radius 1 is 1.22 bits per heavy atom. The molecule has 2 aromatic rings. The van der Waals surface area contributed by atoms with Crippen LogP contribution in [-0.4, -0.2) is 20.9 Å². The fraction of sp³-hybridized carbons (Fsp3) is 0.0769. The Labute approximate surface area is 104 Å². The number of phenolic OH excluding ortho intramolecular Hbond substituents is 2. The zero-order chi connectivity index (χ0) is 13.0. The van der Waals surface area contributed by atoms with Gasteiger partial charge in [-0.05, 0) is 31.2 Å². The van der Waals surface area contributed by atoms with E-state index in [2.05, 4.69) is 15.5 Å². The number of nitrogens with zero attached hydrogens (tertiary/aromatic N) is 2. The first-order valence-electron chi connectivity index (χ1n) is 5.40. The lowest BCUT2D eigenvalue weighted by Crippen LogP contribution is -2.00. The summed E-state index contributed by atoms with van der Waals surface area (Å²) in [4.78, 5) is 4.06. The number of nitrogens with one attached hydrogen (secondary N) is 1. The zero-order valence-electron chi connectivity index (χ0n) is 9.83. The SMILES string of the molecule is CC(=NNc1ccccn1)c1ccc(O)cc1O. The van der Waals surface area contributed by atoms with Gasteiger partial charge in [-0.15, -0.1) is 0 Å². The van der Waals surface area contributed by atoms with Crippen LogP contribution in [0.3, 0.4) is 0 Å². The molecule has 0 atom stereocenters. The quantitative estimate of drug-likeness (QED) is 0.571. The first kappa shape index (κ1) is 11.9. The maximum Gasteiger partial charge on any atom is 0.146 e. The van der Waals surface area contributed by atoms with Crippen molar-refractivity contribution < 1.29 is 10.2 Å². The first-order valence-corrected chi connectivity index (χ1v) is 5.40. The third kappa shape index (κ3) is 2.76. The van der Waals surface area contributed by atoms with E-state index >= 15 is 0 Å². The maximum atomic E-state index is 9.67. The molecule has 0 unspecified atom stereocenters. The molecule has 1 heterocycles. The number of hydrogen-bond acceptors (Lipinski definition) is 5. The molecule has 5 nitrogen and oxygen atoms in total. The van der Waals surface area contributed by atoms with Gasteiger partial charge in [0.25, 0.3) is 0 Å². The molecule has 92 valence electrons. The Kier molecular flexibility index (Phi) is 3.43. The van der Waals surface area contributed by atoms with Crippen molar-refractivity contribution in [2.24, 2.45) is 5.10 Å². The molecule has 0 fully saturated rings. The lowest BCUT2D eigenvalue weighted by atomic mass is 10.1. The number of hydrogen-bond donors (Lipinski definition) is 3. The highest BCUT2D eigenvalue weighted by molar-refractivity contribution is 6.01. The van der Waals surface area contributed by atoms with Crippen molar-refractivity contribution in [3.63, 3.8) is 0 Å². The topological polar surface area (TPSA) is 77.7 Å². The van der Waals surface area contributed by atoms with Gasteiger partial charge in [0.2, 0.25) is 0 Å². The summed E-state index contributed by atoms with van der Waals surface area (Å²) >= 11 is 0. The number of hydrazone groups is 1. The van der Waals surface area contributed by atoms with E-state index in [0.717, 1.165) is 0 Å². The van der Waals surface area contributed by atoms with E-state index in [0.29, 0.717) is 17.1 Å². The molecule has 0 radical (unpaired) electrons. The summed E-state index contributed by atoms with van der Waals surface area (Å²) in [6.07, 6.45) is 1.66. The number of aromatic hydroxyl groups is 2. The fourth-order valence-electron chi connectivity index (χ4n) is 1.46. The molecule has 0 bridgehead atoms. The summed E-state index contributed by atoms with van der Waals surface area (Å²) in [6, 6.07) is 9.81. The predicted octanol–water partition coefficient (Wildman–Crippen LogP) is 2.33. The smallest absolute Gasteiger partial charge is 0.146 e. The lowest BCUT2D eigenvalue weighted by Gasteiger charge is -2.05. The van der Waals surface area contributed by atoms with Crippen LogP contribution in [0.1, 0.15) is 12.5 Å². The summed E-state index contributed by atoms with van der Waals surface area (Å²) in [7, 11) is 0. The summed E-state index contributed by atoms with van der Waals surface area (Å²) in [5.74, 6) is 0.621.